The van der Waals surface area contributed by atoms with Crippen LogP contribution in [0.2, 0.25) is 0 Å². The molecule has 0 aromatic heterocycles. The van der Waals surface area contributed by atoms with E-state index in [0.717, 1.165) is 18.4 Å². The zero-order valence-electron chi connectivity index (χ0n) is 12.4. The molecule has 0 heterocycles. The zero-order chi connectivity index (χ0) is 15.6. The van der Waals surface area contributed by atoms with E-state index in [2.05, 4.69) is 21.2 Å². The summed E-state index contributed by atoms with van der Waals surface area (Å²) in [6, 6.07) is 9.09. The molecule has 4 nitrogen and oxygen atoms in total. The fraction of sp³-hybridized carbons (Fsp3) is 0.529. The molecule has 0 saturated heterocycles. The van der Waals surface area contributed by atoms with Crippen LogP contribution in [0.25, 0.3) is 0 Å². The Morgan fingerprint density at radius 2 is 1.95 bits per heavy atom. The largest absolute Gasteiger partial charge is 0.445 e. The molecular formula is C17H20BrNO3. The molecule has 5 heteroatoms. The minimum atomic E-state index is -0.514. The molecule has 3 rings (SSSR count). The maximum atomic E-state index is 12.1. The third kappa shape index (κ3) is 3.51. The van der Waals surface area contributed by atoms with E-state index in [4.69, 9.17) is 4.74 Å². The van der Waals surface area contributed by atoms with Crippen LogP contribution in [-0.4, -0.2) is 23.2 Å². The van der Waals surface area contributed by atoms with Crippen molar-refractivity contribution >= 4 is 27.8 Å². The molecule has 0 aliphatic heterocycles. The second-order valence-corrected chi connectivity index (χ2v) is 7.01. The Kier molecular flexibility index (Phi) is 4.52. The summed E-state index contributed by atoms with van der Waals surface area (Å²) in [5, 5.41) is 3.03. The molecule has 1 amide bonds. The van der Waals surface area contributed by atoms with Gasteiger partial charge in [0.2, 0.25) is 0 Å². The number of ketones is 1. The van der Waals surface area contributed by atoms with Crippen molar-refractivity contribution in [3.8, 4) is 0 Å². The van der Waals surface area contributed by atoms with Gasteiger partial charge in [0.1, 0.15) is 6.61 Å². The van der Waals surface area contributed by atoms with Gasteiger partial charge in [0.15, 0.2) is 5.78 Å². The van der Waals surface area contributed by atoms with Crippen LogP contribution >= 0.6 is 15.9 Å². The molecule has 1 aromatic rings. The lowest BCUT2D eigenvalue weighted by molar-refractivity contribution is -0.121. The predicted octanol–water partition coefficient (Wildman–Crippen LogP) is 3.44. The SMILES string of the molecule is O=C(N[C@H](C(=O)CBr)C1CC2(CC2)C1)OCc1ccccc1. The van der Waals surface area contributed by atoms with Crippen molar-refractivity contribution in [1.82, 2.24) is 5.32 Å². The van der Waals surface area contributed by atoms with E-state index in [1.165, 1.54) is 12.8 Å². The molecule has 0 bridgehead atoms. The highest BCUT2D eigenvalue weighted by Gasteiger charge is 2.55. The lowest BCUT2D eigenvalue weighted by Crippen LogP contribution is -2.51. The van der Waals surface area contributed by atoms with Crippen molar-refractivity contribution in [3.05, 3.63) is 35.9 Å². The number of Topliss-reactive ketones (excluding diaryl/α,β-unsaturated/α-hetero) is 1. The van der Waals surface area contributed by atoms with Gasteiger partial charge in [-0.3, -0.25) is 4.79 Å². The molecule has 118 valence electrons. The van der Waals surface area contributed by atoms with Gasteiger partial charge in [-0.2, -0.15) is 0 Å². The maximum Gasteiger partial charge on any atom is 0.408 e. The van der Waals surface area contributed by atoms with Gasteiger partial charge in [0.05, 0.1) is 11.4 Å². The van der Waals surface area contributed by atoms with Gasteiger partial charge in [-0.15, -0.1) is 0 Å². The Bertz CT molecular complexity index is 548. The Morgan fingerprint density at radius 1 is 1.27 bits per heavy atom. The molecule has 0 unspecified atom stereocenters. The van der Waals surface area contributed by atoms with Crippen LogP contribution in [0.3, 0.4) is 0 Å². The summed E-state index contributed by atoms with van der Waals surface area (Å²) < 4.78 is 5.22. The summed E-state index contributed by atoms with van der Waals surface area (Å²) in [5.41, 5.74) is 1.44. The molecule has 1 N–H and O–H groups in total. The third-order valence-corrected chi connectivity index (χ3v) is 5.34. The molecule has 1 spiro atoms. The van der Waals surface area contributed by atoms with Crippen LogP contribution in [-0.2, 0) is 16.1 Å². The summed E-state index contributed by atoms with van der Waals surface area (Å²) in [6.07, 6.45) is 4.14. The molecule has 2 fully saturated rings. The molecular weight excluding hydrogens is 346 g/mol. The molecule has 22 heavy (non-hydrogen) atoms. The summed E-state index contributed by atoms with van der Waals surface area (Å²) in [6.45, 7) is 0.219. The molecule has 0 radical (unpaired) electrons. The van der Waals surface area contributed by atoms with Crippen molar-refractivity contribution in [3.63, 3.8) is 0 Å². The van der Waals surface area contributed by atoms with Gasteiger partial charge in [-0.25, -0.2) is 4.79 Å². The van der Waals surface area contributed by atoms with Gasteiger partial charge in [0, 0.05) is 0 Å². The molecule has 2 saturated carbocycles. The van der Waals surface area contributed by atoms with Gasteiger partial charge in [-0.1, -0.05) is 46.3 Å². The number of carbonyl (C=O) groups excluding carboxylic acids is 2. The molecule has 1 atom stereocenters. The fourth-order valence-electron chi connectivity index (χ4n) is 3.31. The van der Waals surface area contributed by atoms with Gasteiger partial charge in [0.25, 0.3) is 0 Å². The van der Waals surface area contributed by atoms with Crippen LogP contribution < -0.4 is 5.32 Å². The number of hydrogen-bond acceptors (Lipinski definition) is 3. The molecule has 2 aliphatic carbocycles. The Labute approximate surface area is 138 Å². The summed E-state index contributed by atoms with van der Waals surface area (Å²) in [5.74, 6) is 0.286. The van der Waals surface area contributed by atoms with Crippen LogP contribution in [0, 0.1) is 11.3 Å². The number of nitrogens with one attached hydrogen (secondary N) is 1. The van der Waals surface area contributed by atoms with Crippen molar-refractivity contribution < 1.29 is 14.3 Å². The lowest BCUT2D eigenvalue weighted by Gasteiger charge is -2.40. The first-order valence-corrected chi connectivity index (χ1v) is 8.80. The maximum absolute atomic E-state index is 12.1. The summed E-state index contributed by atoms with van der Waals surface area (Å²) in [4.78, 5) is 24.0. The highest BCUT2D eigenvalue weighted by Crippen LogP contribution is 2.64. The third-order valence-electron chi connectivity index (χ3n) is 4.78. The minimum Gasteiger partial charge on any atom is -0.445 e. The number of benzene rings is 1. The predicted molar refractivity (Wildman–Crippen MR) is 86.7 cm³/mol. The number of ether oxygens (including phenoxy) is 1. The quantitative estimate of drug-likeness (QED) is 0.785. The first kappa shape index (κ1) is 15.5. The Morgan fingerprint density at radius 3 is 2.55 bits per heavy atom. The van der Waals surface area contributed by atoms with Crippen LogP contribution in [0.4, 0.5) is 4.79 Å². The van der Waals surface area contributed by atoms with E-state index >= 15 is 0 Å². The number of alkyl halides is 1. The van der Waals surface area contributed by atoms with Crippen LogP contribution in [0.1, 0.15) is 31.2 Å². The summed E-state index contributed by atoms with van der Waals surface area (Å²) >= 11 is 3.21. The Hall–Kier alpha value is -1.36. The highest BCUT2D eigenvalue weighted by atomic mass is 79.9. The first-order chi connectivity index (χ1) is 10.6. The normalized spacial score (nSPS) is 20.0. The number of rotatable bonds is 6. The smallest absolute Gasteiger partial charge is 0.408 e. The molecule has 2 aliphatic rings. The van der Waals surface area contributed by atoms with E-state index in [-0.39, 0.29) is 23.6 Å². The second-order valence-electron chi connectivity index (χ2n) is 6.45. The zero-order valence-corrected chi connectivity index (χ0v) is 14.0. The standard InChI is InChI=1S/C17H20BrNO3/c18-10-14(20)15(13-8-17(9-13)6-7-17)19-16(21)22-11-12-4-2-1-3-5-12/h1-5,13,15H,6-11H2,(H,19,21)/t15-/m0/s1. The molecule has 1 aromatic carbocycles. The van der Waals surface area contributed by atoms with Gasteiger partial charge in [-0.05, 0) is 42.6 Å². The topological polar surface area (TPSA) is 55.4 Å². The lowest BCUT2D eigenvalue weighted by atomic mass is 9.67. The first-order valence-electron chi connectivity index (χ1n) is 7.68. The monoisotopic (exact) mass is 365 g/mol. The Balaban J connectivity index is 1.51. The number of hydrogen-bond donors (Lipinski definition) is 1. The number of halogens is 1. The number of alkyl carbamates (subject to hydrolysis) is 1. The fourth-order valence-corrected chi connectivity index (χ4v) is 3.66. The van der Waals surface area contributed by atoms with Crippen molar-refractivity contribution in [1.29, 1.82) is 0 Å². The van der Waals surface area contributed by atoms with E-state index in [0.29, 0.717) is 5.41 Å². The van der Waals surface area contributed by atoms with E-state index < -0.39 is 12.1 Å². The van der Waals surface area contributed by atoms with E-state index in [9.17, 15) is 9.59 Å². The van der Waals surface area contributed by atoms with Crippen LogP contribution in [0.15, 0.2) is 30.3 Å². The average molecular weight is 366 g/mol. The highest BCUT2D eigenvalue weighted by molar-refractivity contribution is 9.09. The number of amides is 1. The van der Waals surface area contributed by atoms with E-state index in [1.54, 1.807) is 0 Å². The van der Waals surface area contributed by atoms with Crippen LogP contribution in [0.5, 0.6) is 0 Å². The average Bonchev–Trinajstić information content (AvgIpc) is 3.30. The second kappa shape index (κ2) is 6.41. The number of carbonyl (C=O) groups is 2. The van der Waals surface area contributed by atoms with Crippen molar-refractivity contribution in [2.75, 3.05) is 5.33 Å². The van der Waals surface area contributed by atoms with Crippen molar-refractivity contribution in [2.24, 2.45) is 11.3 Å². The van der Waals surface area contributed by atoms with E-state index in [1.807, 2.05) is 30.3 Å². The van der Waals surface area contributed by atoms with Gasteiger partial charge < -0.3 is 10.1 Å². The summed E-state index contributed by atoms with van der Waals surface area (Å²) in [7, 11) is 0. The van der Waals surface area contributed by atoms with Gasteiger partial charge >= 0.3 is 6.09 Å². The minimum absolute atomic E-state index is 0.0251. The van der Waals surface area contributed by atoms with Crippen molar-refractivity contribution in [2.45, 2.75) is 38.3 Å².